The van der Waals surface area contributed by atoms with Crippen LogP contribution >= 0.6 is 0 Å². The first-order valence-electron chi connectivity index (χ1n) is 10.5. The molecule has 4 aromatic rings. The first-order chi connectivity index (χ1) is 14.5. The molecular weight excluding hydrogens is 378 g/mol. The molecule has 0 aromatic carbocycles. The summed E-state index contributed by atoms with van der Waals surface area (Å²) in [5.41, 5.74) is 5.44. The van der Waals surface area contributed by atoms with Crippen molar-refractivity contribution in [1.82, 2.24) is 24.7 Å². The van der Waals surface area contributed by atoms with E-state index in [0.29, 0.717) is 40.1 Å². The highest BCUT2D eigenvalue weighted by Crippen LogP contribution is 2.46. The molecule has 1 spiro atoms. The zero-order valence-electron chi connectivity index (χ0n) is 17.1. The van der Waals surface area contributed by atoms with Crippen LogP contribution in [0.4, 0.5) is 0 Å². The Morgan fingerprint density at radius 2 is 1.97 bits per heavy atom. The van der Waals surface area contributed by atoms with Gasteiger partial charge in [0.25, 0.3) is 5.56 Å². The molecule has 7 heteroatoms. The summed E-state index contributed by atoms with van der Waals surface area (Å²) in [5.74, 6) is 1.06. The molecule has 1 aliphatic carbocycles. The van der Waals surface area contributed by atoms with Crippen molar-refractivity contribution in [3.05, 3.63) is 57.8 Å². The number of pyridine rings is 2. The van der Waals surface area contributed by atoms with Gasteiger partial charge in [0.1, 0.15) is 11.2 Å². The second-order valence-electron chi connectivity index (χ2n) is 8.78. The summed E-state index contributed by atoms with van der Waals surface area (Å²) in [6.45, 7) is 4.80. The number of nitrogens with zero attached hydrogens (tertiary/aromatic N) is 4. The number of fused-ring (bicyclic) bond motifs is 2. The van der Waals surface area contributed by atoms with Crippen molar-refractivity contribution in [1.29, 1.82) is 0 Å². The van der Waals surface area contributed by atoms with Gasteiger partial charge in [-0.2, -0.15) is 0 Å². The third kappa shape index (κ3) is 2.84. The minimum absolute atomic E-state index is 0.0970. The molecule has 1 saturated heterocycles. The Morgan fingerprint density at radius 1 is 1.13 bits per heavy atom. The maximum Gasteiger partial charge on any atom is 0.258 e. The summed E-state index contributed by atoms with van der Waals surface area (Å²) in [6, 6.07) is 7.53. The van der Waals surface area contributed by atoms with E-state index in [1.54, 1.807) is 17.4 Å². The average molecular weight is 401 g/mol. The number of oxazole rings is 1. The fourth-order valence-electron chi connectivity index (χ4n) is 4.76. The third-order valence-electron chi connectivity index (χ3n) is 6.56. The summed E-state index contributed by atoms with van der Waals surface area (Å²) < 4.78 is 7.25. The first kappa shape index (κ1) is 17.8. The normalized spacial score (nSPS) is 20.3. The molecule has 1 atom stereocenters. The zero-order chi connectivity index (χ0) is 20.5. The van der Waals surface area contributed by atoms with Crippen molar-refractivity contribution < 1.29 is 4.42 Å². The Morgan fingerprint density at radius 3 is 2.80 bits per heavy atom. The Bertz CT molecular complexity index is 1370. The summed E-state index contributed by atoms with van der Waals surface area (Å²) >= 11 is 0. The minimum Gasteiger partial charge on any atom is -0.423 e. The molecule has 2 fully saturated rings. The predicted octanol–water partition coefficient (Wildman–Crippen LogP) is 3.51. The smallest absolute Gasteiger partial charge is 0.258 e. The molecule has 5 heterocycles. The van der Waals surface area contributed by atoms with Crippen molar-refractivity contribution in [3.63, 3.8) is 0 Å². The van der Waals surface area contributed by atoms with Gasteiger partial charge in [-0.05, 0) is 68.3 Å². The predicted molar refractivity (Wildman–Crippen MR) is 114 cm³/mol. The molecule has 30 heavy (non-hydrogen) atoms. The van der Waals surface area contributed by atoms with Crippen LogP contribution in [0.25, 0.3) is 28.3 Å². The molecule has 6 rings (SSSR count). The fourth-order valence-corrected chi connectivity index (χ4v) is 4.76. The average Bonchev–Trinajstić information content (AvgIpc) is 3.35. The Labute approximate surface area is 173 Å². The standard InChI is InChI=1S/C23H23N5O2/c1-13-9-17(27-22-21(13)25-14(2)30-22)18-10-20(29)28-12-16(3-4-19(28)26-18)15-5-8-24-23(11-15)6-7-23/h3-4,9-10,12,15,24H,5-8,11H2,1-2H3/t15-/m1/s1. The topological polar surface area (TPSA) is 85.3 Å². The number of aryl methyl sites for hydroxylation is 2. The second kappa shape index (κ2) is 6.22. The molecule has 0 radical (unpaired) electrons. The molecule has 4 aromatic heterocycles. The van der Waals surface area contributed by atoms with Crippen LogP contribution in [0.15, 0.2) is 39.7 Å². The van der Waals surface area contributed by atoms with Crippen LogP contribution in [0.2, 0.25) is 0 Å². The quantitative estimate of drug-likeness (QED) is 0.553. The van der Waals surface area contributed by atoms with Crippen molar-refractivity contribution in [3.8, 4) is 11.4 Å². The lowest BCUT2D eigenvalue weighted by molar-refractivity contribution is 0.345. The minimum atomic E-state index is -0.0970. The fraction of sp³-hybridized carbons (Fsp3) is 0.391. The van der Waals surface area contributed by atoms with Gasteiger partial charge in [-0.25, -0.2) is 15.0 Å². The second-order valence-corrected chi connectivity index (χ2v) is 8.78. The molecule has 1 aliphatic heterocycles. The SMILES string of the molecule is Cc1nc2c(C)cc(-c3cc(=O)n4cc([C@@H]5CCNC6(CC6)C5)ccc4n3)nc2o1. The van der Waals surface area contributed by atoms with Gasteiger partial charge in [0.05, 0.1) is 11.4 Å². The van der Waals surface area contributed by atoms with Crippen LogP contribution in [-0.2, 0) is 0 Å². The number of aromatic nitrogens is 4. The molecule has 152 valence electrons. The van der Waals surface area contributed by atoms with Crippen molar-refractivity contribution in [2.45, 2.75) is 51.0 Å². The maximum absolute atomic E-state index is 12.9. The zero-order valence-corrected chi connectivity index (χ0v) is 17.1. The van der Waals surface area contributed by atoms with E-state index in [0.717, 1.165) is 30.5 Å². The van der Waals surface area contributed by atoms with Crippen molar-refractivity contribution in [2.24, 2.45) is 0 Å². The molecule has 0 amide bonds. The number of nitrogens with one attached hydrogen (secondary N) is 1. The first-order valence-corrected chi connectivity index (χ1v) is 10.5. The van der Waals surface area contributed by atoms with E-state index in [-0.39, 0.29) is 5.56 Å². The van der Waals surface area contributed by atoms with Gasteiger partial charge in [0.15, 0.2) is 5.89 Å². The molecule has 1 saturated carbocycles. The van der Waals surface area contributed by atoms with Crippen LogP contribution in [0.1, 0.15) is 48.6 Å². The van der Waals surface area contributed by atoms with Crippen LogP contribution in [0.3, 0.4) is 0 Å². The van der Waals surface area contributed by atoms with Gasteiger partial charge >= 0.3 is 0 Å². The van der Waals surface area contributed by atoms with E-state index in [1.807, 2.05) is 25.3 Å². The lowest BCUT2D eigenvalue weighted by atomic mass is 9.86. The summed E-state index contributed by atoms with van der Waals surface area (Å²) in [7, 11) is 0. The Hall–Kier alpha value is -3.06. The van der Waals surface area contributed by atoms with Gasteiger partial charge in [-0.3, -0.25) is 9.20 Å². The molecule has 0 bridgehead atoms. The molecule has 1 N–H and O–H groups in total. The molecule has 7 nitrogen and oxygen atoms in total. The van der Waals surface area contributed by atoms with Crippen LogP contribution in [0, 0.1) is 13.8 Å². The number of hydrogen-bond donors (Lipinski definition) is 1. The highest BCUT2D eigenvalue weighted by molar-refractivity contribution is 5.76. The molecular formula is C23H23N5O2. The Balaban J connectivity index is 1.41. The van der Waals surface area contributed by atoms with Crippen LogP contribution in [0.5, 0.6) is 0 Å². The van der Waals surface area contributed by atoms with Gasteiger partial charge < -0.3 is 9.73 Å². The van der Waals surface area contributed by atoms with Crippen molar-refractivity contribution in [2.75, 3.05) is 6.54 Å². The van der Waals surface area contributed by atoms with Crippen molar-refractivity contribution >= 4 is 16.9 Å². The summed E-state index contributed by atoms with van der Waals surface area (Å²) in [4.78, 5) is 26.6. The van der Waals surface area contributed by atoms with Gasteiger partial charge in [0.2, 0.25) is 5.71 Å². The van der Waals surface area contributed by atoms with E-state index in [9.17, 15) is 4.79 Å². The number of piperidine rings is 1. The molecule has 0 unspecified atom stereocenters. The largest absolute Gasteiger partial charge is 0.423 e. The van der Waals surface area contributed by atoms with Crippen LogP contribution in [-0.4, -0.2) is 31.4 Å². The van der Waals surface area contributed by atoms with E-state index in [4.69, 9.17) is 9.40 Å². The third-order valence-corrected chi connectivity index (χ3v) is 6.56. The molecule has 2 aliphatic rings. The number of rotatable bonds is 2. The lowest BCUT2D eigenvalue weighted by Crippen LogP contribution is -2.39. The van der Waals surface area contributed by atoms with E-state index in [1.165, 1.54) is 18.4 Å². The van der Waals surface area contributed by atoms with Gasteiger partial charge in [-0.15, -0.1) is 0 Å². The Kier molecular flexibility index (Phi) is 3.68. The van der Waals surface area contributed by atoms with E-state index in [2.05, 4.69) is 21.4 Å². The maximum atomic E-state index is 12.9. The highest BCUT2D eigenvalue weighted by Gasteiger charge is 2.46. The monoisotopic (exact) mass is 401 g/mol. The van der Waals surface area contributed by atoms with Gasteiger partial charge in [-0.1, -0.05) is 6.07 Å². The van der Waals surface area contributed by atoms with Crippen LogP contribution < -0.4 is 10.9 Å². The summed E-state index contributed by atoms with van der Waals surface area (Å²) in [5, 5.41) is 3.66. The van der Waals surface area contributed by atoms with E-state index < -0.39 is 0 Å². The lowest BCUT2D eigenvalue weighted by Gasteiger charge is -2.30. The van der Waals surface area contributed by atoms with Gasteiger partial charge in [0, 0.05) is 24.7 Å². The number of hydrogen-bond acceptors (Lipinski definition) is 6. The highest BCUT2D eigenvalue weighted by atomic mass is 16.4. The summed E-state index contributed by atoms with van der Waals surface area (Å²) in [6.07, 6.45) is 6.76. The van der Waals surface area contributed by atoms with E-state index >= 15 is 0 Å².